The van der Waals surface area contributed by atoms with Crippen LogP contribution in [0.3, 0.4) is 0 Å². The number of morpholine rings is 1. The fraction of sp³-hybridized carbons (Fsp3) is 0.238. The second kappa shape index (κ2) is 7.68. The maximum Gasteiger partial charge on any atom is 0.412 e. The molecule has 1 fully saturated rings. The van der Waals surface area contributed by atoms with E-state index >= 15 is 0 Å². The zero-order valence-corrected chi connectivity index (χ0v) is 16.8. The second-order valence-electron chi connectivity index (χ2n) is 7.46. The summed E-state index contributed by atoms with van der Waals surface area (Å²) in [6, 6.07) is 8.60. The van der Waals surface area contributed by atoms with Crippen LogP contribution in [0.25, 0.3) is 33.4 Å². The molecule has 2 N–H and O–H groups in total. The highest BCUT2D eigenvalue weighted by Gasteiger charge is 2.42. The molecule has 1 aliphatic heterocycles. The molecular weight excluding hydrogens is 422 g/mol. The van der Waals surface area contributed by atoms with E-state index in [1.54, 1.807) is 41.3 Å². The number of aromatic nitrogens is 5. The van der Waals surface area contributed by atoms with Crippen LogP contribution in [-0.4, -0.2) is 60.3 Å². The van der Waals surface area contributed by atoms with E-state index in [-0.39, 0.29) is 4.90 Å². The van der Waals surface area contributed by atoms with Crippen molar-refractivity contribution in [2.45, 2.75) is 18.7 Å². The van der Waals surface area contributed by atoms with E-state index in [1.165, 1.54) is 0 Å². The Balaban J connectivity index is 1.44. The number of carbonyl (C=O) groups is 1. The quantitative estimate of drug-likeness (QED) is 0.471. The number of halogens is 2. The summed E-state index contributed by atoms with van der Waals surface area (Å²) in [4.78, 5) is 15.8. The Bertz CT molecular complexity index is 1290. The number of fused-ring (bicyclic) bond motifs is 1. The molecule has 1 amide bonds. The standard InChI is InChI=1S/C21H18F2N6O3/c1-28-9-13(7-25-28)18-14-6-15(24-8-16(14)26-27-18)11-2-4-12(5-3-11)19-20(23)29(21(30)31)17(22)10-32-19/h2-9,17,19-20H,10H2,1H3,(H,26,27)(H,30,31). The van der Waals surface area contributed by atoms with Crippen molar-refractivity contribution in [3.8, 4) is 22.5 Å². The maximum absolute atomic E-state index is 14.6. The Hall–Kier alpha value is -3.86. The summed E-state index contributed by atoms with van der Waals surface area (Å²) < 4.78 is 35.3. The Kier molecular flexibility index (Phi) is 4.82. The van der Waals surface area contributed by atoms with Crippen LogP contribution in [0.2, 0.25) is 0 Å². The highest BCUT2D eigenvalue weighted by molar-refractivity contribution is 5.94. The van der Waals surface area contributed by atoms with Gasteiger partial charge in [-0.25, -0.2) is 18.5 Å². The molecule has 4 aromatic rings. The molecule has 32 heavy (non-hydrogen) atoms. The fourth-order valence-electron chi connectivity index (χ4n) is 3.81. The summed E-state index contributed by atoms with van der Waals surface area (Å²) in [5.41, 5.74) is 4.23. The van der Waals surface area contributed by atoms with Crippen molar-refractivity contribution in [3.05, 3.63) is 54.5 Å². The summed E-state index contributed by atoms with van der Waals surface area (Å²) >= 11 is 0. The molecular formula is C21H18F2N6O3. The third-order valence-electron chi connectivity index (χ3n) is 5.41. The van der Waals surface area contributed by atoms with Crippen LogP contribution in [-0.2, 0) is 11.8 Å². The van der Waals surface area contributed by atoms with Crippen LogP contribution in [0, 0.1) is 0 Å². The first-order valence-corrected chi connectivity index (χ1v) is 9.77. The molecule has 3 aromatic heterocycles. The molecule has 3 atom stereocenters. The number of amides is 1. The van der Waals surface area contributed by atoms with Crippen molar-refractivity contribution in [1.29, 1.82) is 0 Å². The van der Waals surface area contributed by atoms with Gasteiger partial charge >= 0.3 is 6.09 Å². The number of nitrogens with zero attached hydrogens (tertiary/aromatic N) is 5. The van der Waals surface area contributed by atoms with Gasteiger partial charge in [0, 0.05) is 29.8 Å². The Labute approximate surface area is 180 Å². The van der Waals surface area contributed by atoms with E-state index in [4.69, 9.17) is 9.84 Å². The van der Waals surface area contributed by atoms with Crippen molar-refractivity contribution in [2.24, 2.45) is 7.05 Å². The molecule has 9 nitrogen and oxygen atoms in total. The predicted molar refractivity (Wildman–Crippen MR) is 110 cm³/mol. The van der Waals surface area contributed by atoms with E-state index in [0.717, 1.165) is 27.7 Å². The van der Waals surface area contributed by atoms with Crippen molar-refractivity contribution < 1.29 is 23.4 Å². The lowest BCUT2D eigenvalue weighted by molar-refractivity contribution is -0.167. The van der Waals surface area contributed by atoms with E-state index in [9.17, 15) is 13.6 Å². The first-order chi connectivity index (χ1) is 15.4. The normalized spacial score (nSPS) is 21.2. The fourth-order valence-corrected chi connectivity index (χ4v) is 3.81. The van der Waals surface area contributed by atoms with Crippen LogP contribution >= 0.6 is 0 Å². The first-order valence-electron chi connectivity index (χ1n) is 9.77. The molecule has 0 bridgehead atoms. The molecule has 0 radical (unpaired) electrons. The summed E-state index contributed by atoms with van der Waals surface area (Å²) in [6.45, 7) is -0.533. The van der Waals surface area contributed by atoms with Crippen LogP contribution in [0.5, 0.6) is 0 Å². The molecule has 164 valence electrons. The Morgan fingerprint density at radius 2 is 2.00 bits per heavy atom. The number of aromatic amines is 1. The number of aryl methyl sites for hydroxylation is 1. The number of alkyl halides is 2. The van der Waals surface area contributed by atoms with Gasteiger partial charge in [-0.05, 0) is 11.6 Å². The minimum Gasteiger partial charge on any atom is -0.465 e. The van der Waals surface area contributed by atoms with Gasteiger partial charge in [0.15, 0.2) is 0 Å². The van der Waals surface area contributed by atoms with Crippen molar-refractivity contribution in [3.63, 3.8) is 0 Å². The third kappa shape index (κ3) is 3.36. The van der Waals surface area contributed by atoms with Crippen molar-refractivity contribution in [2.75, 3.05) is 6.61 Å². The SMILES string of the molecule is Cn1cc(-c2n[nH]c3cnc(-c4ccc(C5OCC(F)N(C(=O)O)C5F)cc4)cc23)cn1. The summed E-state index contributed by atoms with van der Waals surface area (Å²) in [5, 5.41) is 21.5. The number of benzene rings is 1. The highest BCUT2D eigenvalue weighted by atomic mass is 19.2. The van der Waals surface area contributed by atoms with E-state index < -0.39 is 31.4 Å². The molecule has 11 heteroatoms. The highest BCUT2D eigenvalue weighted by Crippen LogP contribution is 2.34. The third-order valence-corrected chi connectivity index (χ3v) is 5.41. The van der Waals surface area contributed by atoms with E-state index in [2.05, 4.69) is 20.3 Å². The molecule has 0 spiro atoms. The largest absolute Gasteiger partial charge is 0.465 e. The minimum absolute atomic E-state index is 0.135. The van der Waals surface area contributed by atoms with Gasteiger partial charge in [0.1, 0.15) is 11.8 Å². The monoisotopic (exact) mass is 440 g/mol. The maximum atomic E-state index is 14.6. The zero-order chi connectivity index (χ0) is 22.4. The predicted octanol–water partition coefficient (Wildman–Crippen LogP) is 3.67. The molecule has 4 heterocycles. The second-order valence-corrected chi connectivity index (χ2v) is 7.46. The molecule has 0 aliphatic carbocycles. The topological polar surface area (TPSA) is 109 Å². The Morgan fingerprint density at radius 3 is 2.69 bits per heavy atom. The number of ether oxygens (including phenoxy) is 1. The molecule has 1 aromatic carbocycles. The number of carboxylic acid groups (broad SMARTS) is 1. The van der Waals surface area contributed by atoms with Gasteiger partial charge in [-0.3, -0.25) is 14.8 Å². The van der Waals surface area contributed by atoms with Gasteiger partial charge in [-0.1, -0.05) is 24.3 Å². The van der Waals surface area contributed by atoms with Crippen molar-refractivity contribution in [1.82, 2.24) is 29.9 Å². The van der Waals surface area contributed by atoms with Gasteiger partial charge < -0.3 is 9.84 Å². The van der Waals surface area contributed by atoms with Gasteiger partial charge in [-0.2, -0.15) is 10.2 Å². The molecule has 1 aliphatic rings. The number of H-pyrrole nitrogens is 1. The number of nitrogens with one attached hydrogen (secondary N) is 1. The first kappa shape index (κ1) is 20.1. The summed E-state index contributed by atoms with van der Waals surface area (Å²) in [7, 11) is 1.83. The number of hydrogen-bond acceptors (Lipinski definition) is 5. The van der Waals surface area contributed by atoms with Crippen molar-refractivity contribution >= 4 is 17.0 Å². The van der Waals surface area contributed by atoms with Gasteiger partial charge in [0.2, 0.25) is 12.6 Å². The smallest absolute Gasteiger partial charge is 0.412 e. The number of rotatable bonds is 3. The lowest BCUT2D eigenvalue weighted by Gasteiger charge is -2.37. The molecule has 5 rings (SSSR count). The molecule has 3 unspecified atom stereocenters. The zero-order valence-electron chi connectivity index (χ0n) is 16.8. The van der Waals surface area contributed by atoms with E-state index in [1.807, 2.05) is 19.3 Å². The number of pyridine rings is 1. The van der Waals surface area contributed by atoms with Gasteiger partial charge in [0.05, 0.1) is 30.2 Å². The Morgan fingerprint density at radius 1 is 1.22 bits per heavy atom. The summed E-state index contributed by atoms with van der Waals surface area (Å²) in [6.07, 6.45) is -1.80. The molecule has 0 saturated carbocycles. The van der Waals surface area contributed by atoms with Crippen LogP contribution in [0.1, 0.15) is 11.7 Å². The summed E-state index contributed by atoms with van der Waals surface area (Å²) in [5.74, 6) is 0. The average Bonchev–Trinajstić information content (AvgIpc) is 3.39. The van der Waals surface area contributed by atoms with Crippen LogP contribution < -0.4 is 0 Å². The van der Waals surface area contributed by atoms with E-state index in [0.29, 0.717) is 11.3 Å². The molecule has 1 saturated heterocycles. The number of hydrogen-bond donors (Lipinski definition) is 2. The van der Waals surface area contributed by atoms with Crippen LogP contribution in [0.4, 0.5) is 13.6 Å². The lowest BCUT2D eigenvalue weighted by atomic mass is 10.0. The minimum atomic E-state index is -2.15. The average molecular weight is 440 g/mol. The van der Waals surface area contributed by atoms with Crippen LogP contribution in [0.15, 0.2) is 48.9 Å². The van der Waals surface area contributed by atoms with Gasteiger partial charge in [-0.15, -0.1) is 0 Å². The lowest BCUT2D eigenvalue weighted by Crippen LogP contribution is -2.52. The van der Waals surface area contributed by atoms with Gasteiger partial charge in [0.25, 0.3) is 0 Å².